The van der Waals surface area contributed by atoms with E-state index in [-0.39, 0.29) is 0 Å². The molecule has 0 aromatic rings. The molecule has 2 nitrogen and oxygen atoms in total. The second-order valence-corrected chi connectivity index (χ2v) is 6.43. The third-order valence-electron chi connectivity index (χ3n) is 2.94. The topological polar surface area (TPSA) is 21.3 Å². The highest BCUT2D eigenvalue weighted by molar-refractivity contribution is 7.99. The highest BCUT2D eigenvalue weighted by atomic mass is 32.2. The van der Waals surface area contributed by atoms with Crippen LogP contribution in [0.15, 0.2) is 0 Å². The first kappa shape index (κ1) is 14.3. The zero-order chi connectivity index (χ0) is 11.8. The molecule has 0 spiro atoms. The molecule has 0 amide bonds. The number of ether oxygens (including phenoxy) is 1. The van der Waals surface area contributed by atoms with E-state index in [1.165, 1.54) is 31.6 Å². The van der Waals surface area contributed by atoms with Gasteiger partial charge in [0.2, 0.25) is 0 Å². The Kier molecular flexibility index (Phi) is 7.50. The standard InChI is InChI=1S/C13H27NOS/c1-11(2)10-14-7-4-5-9-16-13-6-8-15-12(13)3/h11-14H,4-10H2,1-3H3. The number of hydrogen-bond acceptors (Lipinski definition) is 3. The summed E-state index contributed by atoms with van der Waals surface area (Å²) in [6.45, 7) is 10.0. The van der Waals surface area contributed by atoms with Crippen LogP contribution in [0.3, 0.4) is 0 Å². The molecule has 0 radical (unpaired) electrons. The summed E-state index contributed by atoms with van der Waals surface area (Å²) in [4.78, 5) is 0. The molecular formula is C13H27NOS. The van der Waals surface area contributed by atoms with Crippen molar-refractivity contribution in [3.05, 3.63) is 0 Å². The fourth-order valence-corrected chi connectivity index (χ4v) is 3.19. The van der Waals surface area contributed by atoms with Gasteiger partial charge in [-0.05, 0) is 50.9 Å². The first-order valence-corrected chi connectivity index (χ1v) is 7.69. The van der Waals surface area contributed by atoms with Gasteiger partial charge in [0.25, 0.3) is 0 Å². The van der Waals surface area contributed by atoms with Gasteiger partial charge in [-0.3, -0.25) is 0 Å². The smallest absolute Gasteiger partial charge is 0.0666 e. The van der Waals surface area contributed by atoms with Gasteiger partial charge >= 0.3 is 0 Å². The molecule has 3 heteroatoms. The van der Waals surface area contributed by atoms with Crippen molar-refractivity contribution in [2.75, 3.05) is 25.4 Å². The third kappa shape index (κ3) is 6.12. The van der Waals surface area contributed by atoms with Crippen LogP contribution in [0.25, 0.3) is 0 Å². The van der Waals surface area contributed by atoms with Crippen molar-refractivity contribution in [2.24, 2.45) is 5.92 Å². The molecule has 2 atom stereocenters. The summed E-state index contributed by atoms with van der Waals surface area (Å²) in [5, 5.41) is 4.24. The van der Waals surface area contributed by atoms with Crippen molar-refractivity contribution in [2.45, 2.75) is 51.4 Å². The Bertz CT molecular complexity index is 175. The zero-order valence-corrected chi connectivity index (χ0v) is 11.8. The monoisotopic (exact) mass is 245 g/mol. The SMILES string of the molecule is CC(C)CNCCCCSC1CCOC1C. The van der Waals surface area contributed by atoms with Gasteiger partial charge in [-0.15, -0.1) is 0 Å². The maximum Gasteiger partial charge on any atom is 0.0666 e. The van der Waals surface area contributed by atoms with Gasteiger partial charge in [0.15, 0.2) is 0 Å². The van der Waals surface area contributed by atoms with Crippen LogP contribution < -0.4 is 5.32 Å². The Morgan fingerprint density at radius 1 is 1.38 bits per heavy atom. The molecule has 1 N–H and O–H groups in total. The first-order chi connectivity index (χ1) is 7.70. The van der Waals surface area contributed by atoms with Crippen LogP contribution in [0.2, 0.25) is 0 Å². The van der Waals surface area contributed by atoms with E-state index < -0.39 is 0 Å². The van der Waals surface area contributed by atoms with Crippen molar-refractivity contribution < 1.29 is 4.74 Å². The highest BCUT2D eigenvalue weighted by Gasteiger charge is 2.23. The van der Waals surface area contributed by atoms with Crippen molar-refractivity contribution in [3.8, 4) is 0 Å². The van der Waals surface area contributed by atoms with E-state index in [9.17, 15) is 0 Å². The Labute approximate surface area is 105 Å². The summed E-state index contributed by atoms with van der Waals surface area (Å²) in [6, 6.07) is 0. The average molecular weight is 245 g/mol. The highest BCUT2D eigenvalue weighted by Crippen LogP contribution is 2.26. The van der Waals surface area contributed by atoms with Gasteiger partial charge in [0.05, 0.1) is 6.10 Å². The van der Waals surface area contributed by atoms with Gasteiger partial charge in [-0.1, -0.05) is 13.8 Å². The van der Waals surface area contributed by atoms with Gasteiger partial charge in [0.1, 0.15) is 0 Å². The zero-order valence-electron chi connectivity index (χ0n) is 11.0. The number of unbranched alkanes of at least 4 members (excludes halogenated alkanes) is 1. The van der Waals surface area contributed by atoms with Crippen molar-refractivity contribution in [3.63, 3.8) is 0 Å². The van der Waals surface area contributed by atoms with Gasteiger partial charge in [-0.2, -0.15) is 11.8 Å². The number of rotatable bonds is 8. The Morgan fingerprint density at radius 3 is 2.81 bits per heavy atom. The molecule has 96 valence electrons. The van der Waals surface area contributed by atoms with Gasteiger partial charge in [0, 0.05) is 11.9 Å². The fraction of sp³-hybridized carbons (Fsp3) is 1.00. The minimum Gasteiger partial charge on any atom is -0.377 e. The maximum atomic E-state index is 5.55. The lowest BCUT2D eigenvalue weighted by Gasteiger charge is -2.13. The predicted octanol–water partition coefficient (Wildman–Crippen LogP) is 2.92. The number of thioether (sulfide) groups is 1. The van der Waals surface area contributed by atoms with Gasteiger partial charge < -0.3 is 10.1 Å². The molecule has 16 heavy (non-hydrogen) atoms. The molecular weight excluding hydrogens is 218 g/mol. The summed E-state index contributed by atoms with van der Waals surface area (Å²) < 4.78 is 5.55. The molecule has 1 fully saturated rings. The maximum absolute atomic E-state index is 5.55. The molecule has 0 aliphatic carbocycles. The molecule has 0 saturated carbocycles. The first-order valence-electron chi connectivity index (χ1n) is 6.64. The van der Waals surface area contributed by atoms with E-state index in [0.717, 1.165) is 24.3 Å². The Hall–Kier alpha value is 0.270. The number of hydrogen-bond donors (Lipinski definition) is 1. The second kappa shape index (κ2) is 8.37. The van der Waals surface area contributed by atoms with E-state index in [1.54, 1.807) is 0 Å². The molecule has 2 unspecified atom stereocenters. The molecule has 1 aliphatic rings. The van der Waals surface area contributed by atoms with Crippen LogP contribution in [0.4, 0.5) is 0 Å². The lowest BCUT2D eigenvalue weighted by atomic mass is 10.2. The Morgan fingerprint density at radius 2 is 2.19 bits per heavy atom. The molecule has 1 rings (SSSR count). The normalized spacial score (nSPS) is 25.5. The van der Waals surface area contributed by atoms with Crippen LogP contribution in [0.5, 0.6) is 0 Å². The Balaban J connectivity index is 1.84. The molecule has 0 aromatic carbocycles. The minimum absolute atomic E-state index is 0.476. The molecule has 0 bridgehead atoms. The van der Waals surface area contributed by atoms with Crippen molar-refractivity contribution >= 4 is 11.8 Å². The van der Waals surface area contributed by atoms with E-state index in [0.29, 0.717) is 6.10 Å². The molecule has 1 saturated heterocycles. The van der Waals surface area contributed by atoms with Crippen molar-refractivity contribution in [1.82, 2.24) is 5.32 Å². The summed E-state index contributed by atoms with van der Waals surface area (Å²) in [7, 11) is 0. The van der Waals surface area contributed by atoms with E-state index in [4.69, 9.17) is 4.74 Å². The van der Waals surface area contributed by atoms with Crippen molar-refractivity contribution in [1.29, 1.82) is 0 Å². The minimum atomic E-state index is 0.476. The van der Waals surface area contributed by atoms with Crippen LogP contribution >= 0.6 is 11.8 Å². The second-order valence-electron chi connectivity index (χ2n) is 5.08. The van der Waals surface area contributed by atoms with Crippen LogP contribution in [-0.4, -0.2) is 36.8 Å². The van der Waals surface area contributed by atoms with E-state index >= 15 is 0 Å². The van der Waals surface area contributed by atoms with Crippen LogP contribution in [0, 0.1) is 5.92 Å². The summed E-state index contributed by atoms with van der Waals surface area (Å²) in [6.07, 6.45) is 4.36. The third-order valence-corrected chi connectivity index (χ3v) is 4.51. The summed E-state index contributed by atoms with van der Waals surface area (Å²) in [5.74, 6) is 2.06. The van der Waals surface area contributed by atoms with E-state index in [2.05, 4.69) is 37.8 Å². The summed E-state index contributed by atoms with van der Waals surface area (Å²) in [5.41, 5.74) is 0. The summed E-state index contributed by atoms with van der Waals surface area (Å²) >= 11 is 2.10. The quantitative estimate of drug-likeness (QED) is 0.664. The fourth-order valence-electron chi connectivity index (χ4n) is 1.91. The molecule has 0 aromatic heterocycles. The van der Waals surface area contributed by atoms with E-state index in [1.807, 2.05) is 0 Å². The lowest BCUT2D eigenvalue weighted by molar-refractivity contribution is 0.127. The van der Waals surface area contributed by atoms with Crippen LogP contribution in [0.1, 0.15) is 40.0 Å². The largest absolute Gasteiger partial charge is 0.377 e. The molecule has 1 heterocycles. The molecule has 1 aliphatic heterocycles. The predicted molar refractivity (Wildman–Crippen MR) is 73.2 cm³/mol. The average Bonchev–Trinajstić information content (AvgIpc) is 2.62. The van der Waals surface area contributed by atoms with Gasteiger partial charge in [-0.25, -0.2) is 0 Å². The van der Waals surface area contributed by atoms with Crippen LogP contribution in [-0.2, 0) is 4.74 Å². The number of nitrogens with one attached hydrogen (secondary N) is 1. The lowest BCUT2D eigenvalue weighted by Crippen LogP contribution is -2.20.